The van der Waals surface area contributed by atoms with Crippen molar-refractivity contribution in [3.63, 3.8) is 0 Å². The Hall–Kier alpha value is -1.84. The lowest BCUT2D eigenvalue weighted by Gasteiger charge is -2.26. The van der Waals surface area contributed by atoms with Crippen molar-refractivity contribution in [3.05, 3.63) is 34.9 Å². The number of carbonyl (C=O) groups excluding carboxylic acids is 2. The number of rotatable bonds is 6. The van der Waals surface area contributed by atoms with E-state index in [2.05, 4.69) is 11.4 Å². The van der Waals surface area contributed by atoms with Crippen molar-refractivity contribution in [2.24, 2.45) is 0 Å². The van der Waals surface area contributed by atoms with E-state index in [-0.39, 0.29) is 11.9 Å². The fraction of sp³-hybridized carbons (Fsp3) is 0.556. The van der Waals surface area contributed by atoms with E-state index in [0.29, 0.717) is 19.4 Å². The van der Waals surface area contributed by atoms with Gasteiger partial charge in [0.1, 0.15) is 5.54 Å². The molecule has 1 saturated heterocycles. The maximum Gasteiger partial charge on any atom is 0.325 e. The van der Waals surface area contributed by atoms with Gasteiger partial charge in [0, 0.05) is 0 Å². The summed E-state index contributed by atoms with van der Waals surface area (Å²) in [7, 11) is 0. The van der Waals surface area contributed by atoms with E-state index >= 15 is 0 Å². The van der Waals surface area contributed by atoms with Gasteiger partial charge in [-0.1, -0.05) is 50.5 Å². The van der Waals surface area contributed by atoms with E-state index in [1.54, 1.807) is 0 Å². The molecule has 3 amide bonds. The molecular weight excluding hydrogens is 276 g/mol. The van der Waals surface area contributed by atoms with E-state index in [0.717, 1.165) is 29.5 Å². The number of carbonyl (C=O) groups is 2. The number of aryl methyl sites for hydroxylation is 2. The molecule has 4 heteroatoms. The minimum absolute atomic E-state index is 0.0675. The largest absolute Gasteiger partial charge is 0.325 e. The first-order chi connectivity index (χ1) is 10.4. The summed E-state index contributed by atoms with van der Waals surface area (Å²) < 4.78 is 0. The summed E-state index contributed by atoms with van der Waals surface area (Å²) in [6, 6.07) is 5.88. The second-order valence-corrected chi connectivity index (χ2v) is 6.33. The summed E-state index contributed by atoms with van der Waals surface area (Å²) in [6.07, 6.45) is 3.16. The lowest BCUT2D eigenvalue weighted by molar-refractivity contribution is -0.132. The molecule has 0 aromatic heterocycles. The lowest BCUT2D eigenvalue weighted by Crippen LogP contribution is -2.46. The second kappa shape index (κ2) is 6.51. The summed E-state index contributed by atoms with van der Waals surface area (Å²) in [6.45, 7) is 8.48. The van der Waals surface area contributed by atoms with Crippen LogP contribution in [0.3, 0.4) is 0 Å². The van der Waals surface area contributed by atoms with Crippen LogP contribution >= 0.6 is 0 Å². The van der Waals surface area contributed by atoms with Gasteiger partial charge in [0.25, 0.3) is 5.91 Å². The Morgan fingerprint density at radius 2 is 1.73 bits per heavy atom. The zero-order valence-electron chi connectivity index (χ0n) is 14.0. The molecule has 1 aliphatic heterocycles. The molecule has 1 N–H and O–H groups in total. The molecule has 1 heterocycles. The van der Waals surface area contributed by atoms with Crippen LogP contribution in [0.15, 0.2) is 18.2 Å². The monoisotopic (exact) mass is 302 g/mol. The van der Waals surface area contributed by atoms with Gasteiger partial charge in [-0.15, -0.1) is 0 Å². The van der Waals surface area contributed by atoms with E-state index in [1.807, 2.05) is 39.8 Å². The zero-order chi connectivity index (χ0) is 16.3. The number of benzene rings is 1. The first-order valence-electron chi connectivity index (χ1n) is 8.13. The minimum Gasteiger partial charge on any atom is -0.323 e. The van der Waals surface area contributed by atoms with Crippen LogP contribution in [0.1, 0.15) is 56.2 Å². The molecule has 22 heavy (non-hydrogen) atoms. The Morgan fingerprint density at radius 3 is 2.32 bits per heavy atom. The highest BCUT2D eigenvalue weighted by Gasteiger charge is 2.49. The molecule has 0 unspecified atom stereocenters. The fourth-order valence-corrected chi connectivity index (χ4v) is 3.28. The molecule has 0 spiro atoms. The Balaban J connectivity index is 2.26. The average molecular weight is 302 g/mol. The van der Waals surface area contributed by atoms with Gasteiger partial charge in [0.05, 0.1) is 6.54 Å². The first-order valence-corrected chi connectivity index (χ1v) is 8.13. The summed E-state index contributed by atoms with van der Waals surface area (Å²) >= 11 is 0. The van der Waals surface area contributed by atoms with E-state index in [4.69, 9.17) is 0 Å². The predicted octanol–water partition coefficient (Wildman–Crippen LogP) is 3.69. The fourth-order valence-electron chi connectivity index (χ4n) is 3.28. The van der Waals surface area contributed by atoms with Crippen molar-refractivity contribution in [3.8, 4) is 0 Å². The molecule has 0 bridgehead atoms. The third-order valence-corrected chi connectivity index (χ3v) is 4.43. The number of imide groups is 1. The van der Waals surface area contributed by atoms with Gasteiger partial charge >= 0.3 is 6.03 Å². The standard InChI is InChI=1S/C18H26N2O2/c1-5-9-18(10-6-2)16(21)20(17(22)19-18)12-15-11-13(3)7-8-14(15)4/h7-8,11H,5-6,9-10,12H2,1-4H3,(H,19,22). The molecule has 0 radical (unpaired) electrons. The van der Waals surface area contributed by atoms with Crippen LogP contribution in [-0.2, 0) is 11.3 Å². The van der Waals surface area contributed by atoms with E-state index in [1.165, 1.54) is 4.90 Å². The quantitative estimate of drug-likeness (QED) is 0.815. The van der Waals surface area contributed by atoms with Gasteiger partial charge in [-0.05, 0) is 37.8 Å². The molecule has 4 nitrogen and oxygen atoms in total. The summed E-state index contributed by atoms with van der Waals surface area (Å²) in [5.41, 5.74) is 2.58. The van der Waals surface area contributed by atoms with Crippen LogP contribution in [-0.4, -0.2) is 22.4 Å². The van der Waals surface area contributed by atoms with Crippen LogP contribution in [0.25, 0.3) is 0 Å². The van der Waals surface area contributed by atoms with Gasteiger partial charge in [-0.3, -0.25) is 9.69 Å². The van der Waals surface area contributed by atoms with Crippen LogP contribution in [0, 0.1) is 13.8 Å². The third kappa shape index (κ3) is 3.01. The molecule has 1 aromatic carbocycles. The molecule has 2 rings (SSSR count). The van der Waals surface area contributed by atoms with Crippen LogP contribution in [0.2, 0.25) is 0 Å². The molecular formula is C18H26N2O2. The topological polar surface area (TPSA) is 49.4 Å². The van der Waals surface area contributed by atoms with Gasteiger partial charge in [0.15, 0.2) is 0 Å². The smallest absolute Gasteiger partial charge is 0.323 e. The molecule has 0 aliphatic carbocycles. The summed E-state index contributed by atoms with van der Waals surface area (Å²) in [4.78, 5) is 26.6. The van der Waals surface area contributed by atoms with Crippen molar-refractivity contribution >= 4 is 11.9 Å². The van der Waals surface area contributed by atoms with Gasteiger partial charge in [0.2, 0.25) is 0 Å². The Labute approximate surface area is 132 Å². The summed E-state index contributed by atoms with van der Waals surface area (Å²) in [5.74, 6) is -0.0675. The maximum absolute atomic E-state index is 12.9. The SMILES string of the molecule is CCCC1(CCC)NC(=O)N(Cc2cc(C)ccc2C)C1=O. The number of hydrogen-bond acceptors (Lipinski definition) is 2. The number of nitrogens with zero attached hydrogens (tertiary/aromatic N) is 1. The molecule has 1 aliphatic rings. The number of urea groups is 1. The Morgan fingerprint density at radius 1 is 1.09 bits per heavy atom. The van der Waals surface area contributed by atoms with Crippen LogP contribution in [0.4, 0.5) is 4.79 Å². The van der Waals surface area contributed by atoms with Crippen molar-refractivity contribution in [2.75, 3.05) is 0 Å². The van der Waals surface area contributed by atoms with Gasteiger partial charge < -0.3 is 5.32 Å². The highest BCUT2D eigenvalue weighted by molar-refractivity contribution is 6.07. The zero-order valence-corrected chi connectivity index (χ0v) is 14.0. The Kier molecular flexibility index (Phi) is 4.89. The number of hydrogen-bond donors (Lipinski definition) is 1. The lowest BCUT2D eigenvalue weighted by atomic mass is 9.88. The molecule has 1 fully saturated rings. The van der Waals surface area contributed by atoms with Crippen molar-refractivity contribution in [2.45, 2.75) is 65.5 Å². The van der Waals surface area contributed by atoms with Crippen molar-refractivity contribution < 1.29 is 9.59 Å². The highest BCUT2D eigenvalue weighted by Crippen LogP contribution is 2.29. The average Bonchev–Trinajstić information content (AvgIpc) is 2.68. The van der Waals surface area contributed by atoms with Crippen molar-refractivity contribution in [1.29, 1.82) is 0 Å². The van der Waals surface area contributed by atoms with Crippen molar-refractivity contribution in [1.82, 2.24) is 10.2 Å². The van der Waals surface area contributed by atoms with Gasteiger partial charge in [-0.25, -0.2) is 4.79 Å². The van der Waals surface area contributed by atoms with Gasteiger partial charge in [-0.2, -0.15) is 0 Å². The minimum atomic E-state index is -0.696. The first kappa shape index (κ1) is 16.5. The van der Waals surface area contributed by atoms with Crippen LogP contribution in [0.5, 0.6) is 0 Å². The highest BCUT2D eigenvalue weighted by atomic mass is 16.2. The number of nitrogens with one attached hydrogen (secondary N) is 1. The molecule has 1 aromatic rings. The molecule has 0 atom stereocenters. The molecule has 120 valence electrons. The van der Waals surface area contributed by atoms with E-state index in [9.17, 15) is 9.59 Å². The maximum atomic E-state index is 12.9. The van der Waals surface area contributed by atoms with Crippen LogP contribution < -0.4 is 5.32 Å². The van der Waals surface area contributed by atoms with E-state index < -0.39 is 5.54 Å². The third-order valence-electron chi connectivity index (χ3n) is 4.43. The molecule has 0 saturated carbocycles. The second-order valence-electron chi connectivity index (χ2n) is 6.33. The summed E-state index contributed by atoms with van der Waals surface area (Å²) in [5, 5.41) is 2.96. The predicted molar refractivity (Wildman–Crippen MR) is 87.5 cm³/mol. The number of amides is 3. The normalized spacial score (nSPS) is 17.0. The Bertz CT molecular complexity index is 574.